The molecule has 5 heteroatoms. The predicted molar refractivity (Wildman–Crippen MR) is 75.3 cm³/mol. The van der Waals surface area contributed by atoms with Gasteiger partial charge in [-0.3, -0.25) is 0 Å². The molecule has 0 heterocycles. The Hall–Kier alpha value is -1.14. The molecule has 0 rings (SSSR count). The fourth-order valence-corrected chi connectivity index (χ4v) is 1.61. The molecule has 0 aliphatic heterocycles. The summed E-state index contributed by atoms with van der Waals surface area (Å²) in [7, 11) is 7.78. The molecule has 0 aromatic heterocycles. The topological polar surface area (TPSA) is 63.3 Å². The van der Waals surface area contributed by atoms with Crippen molar-refractivity contribution in [1.82, 2.24) is 9.80 Å². The first-order valence-corrected chi connectivity index (χ1v) is 6.55. The zero-order valence-corrected chi connectivity index (χ0v) is 12.9. The van der Waals surface area contributed by atoms with Crippen LogP contribution in [0.2, 0.25) is 0 Å². The molecule has 4 atom stereocenters. The molecule has 0 spiro atoms. The normalized spacial score (nSPS) is 17.6. The highest BCUT2D eigenvalue weighted by Gasteiger charge is 2.22. The summed E-state index contributed by atoms with van der Waals surface area (Å²) in [6.45, 7) is 4.74. The van der Waals surface area contributed by atoms with E-state index >= 15 is 0 Å². The Morgan fingerprint density at radius 3 is 1.37 bits per heavy atom. The van der Waals surface area contributed by atoms with Crippen molar-refractivity contribution in [1.29, 1.82) is 10.5 Å². The molecule has 0 fully saturated rings. The Bertz CT molecular complexity index is 297. The zero-order valence-electron chi connectivity index (χ0n) is 12.9. The monoisotopic (exact) mass is 266 g/mol. The maximum Gasteiger partial charge on any atom is 0.0849 e. The van der Waals surface area contributed by atoms with E-state index in [1.807, 2.05) is 51.8 Å². The van der Waals surface area contributed by atoms with Crippen LogP contribution in [-0.4, -0.2) is 63.3 Å². The molecule has 19 heavy (non-hydrogen) atoms. The molecular weight excluding hydrogens is 240 g/mol. The van der Waals surface area contributed by atoms with Crippen molar-refractivity contribution in [2.24, 2.45) is 11.8 Å². The molecule has 0 bridgehead atoms. The third-order valence-electron chi connectivity index (χ3n) is 3.72. The highest BCUT2D eigenvalue weighted by Crippen LogP contribution is 2.11. The second-order valence-corrected chi connectivity index (χ2v) is 5.42. The number of rotatable bonds is 8. The van der Waals surface area contributed by atoms with E-state index in [4.69, 9.17) is 15.3 Å². The predicted octanol–water partition coefficient (Wildman–Crippen LogP) is 1.18. The van der Waals surface area contributed by atoms with E-state index in [0.717, 1.165) is 0 Å². The lowest BCUT2D eigenvalue weighted by atomic mass is 10.0. The molecule has 5 nitrogen and oxygen atoms in total. The fourth-order valence-electron chi connectivity index (χ4n) is 1.61. The molecule has 0 aromatic carbocycles. The van der Waals surface area contributed by atoms with Gasteiger partial charge in [-0.1, -0.05) is 0 Å². The lowest BCUT2D eigenvalue weighted by Gasteiger charge is -2.26. The van der Waals surface area contributed by atoms with Crippen LogP contribution in [0.3, 0.4) is 0 Å². The first kappa shape index (κ1) is 17.9. The van der Waals surface area contributed by atoms with Crippen molar-refractivity contribution in [3.63, 3.8) is 0 Å². The summed E-state index contributed by atoms with van der Waals surface area (Å²) in [4.78, 5) is 4.00. The van der Waals surface area contributed by atoms with E-state index in [1.54, 1.807) is 0 Å². The zero-order chi connectivity index (χ0) is 15.0. The van der Waals surface area contributed by atoms with Gasteiger partial charge >= 0.3 is 0 Å². The van der Waals surface area contributed by atoms with Gasteiger partial charge in [0, 0.05) is 12.1 Å². The van der Waals surface area contributed by atoms with Crippen molar-refractivity contribution in [2.45, 2.75) is 25.9 Å². The van der Waals surface area contributed by atoms with Gasteiger partial charge in [-0.2, -0.15) is 10.5 Å². The summed E-state index contributed by atoms with van der Waals surface area (Å²) < 4.78 is 5.58. The van der Waals surface area contributed by atoms with E-state index in [2.05, 4.69) is 12.1 Å². The van der Waals surface area contributed by atoms with E-state index in [1.165, 1.54) is 0 Å². The third kappa shape index (κ3) is 6.02. The van der Waals surface area contributed by atoms with Gasteiger partial charge in [-0.05, 0) is 42.0 Å². The van der Waals surface area contributed by atoms with Crippen LogP contribution in [0.4, 0.5) is 0 Å². The first-order valence-electron chi connectivity index (χ1n) is 6.55. The minimum atomic E-state index is -0.177. The minimum absolute atomic E-state index is 0.136. The molecule has 0 aromatic rings. The number of hydrogen-bond acceptors (Lipinski definition) is 5. The minimum Gasteiger partial charge on any atom is -0.379 e. The molecule has 0 radical (unpaired) electrons. The van der Waals surface area contributed by atoms with E-state index in [-0.39, 0.29) is 23.9 Å². The van der Waals surface area contributed by atoms with Crippen LogP contribution < -0.4 is 0 Å². The van der Waals surface area contributed by atoms with Gasteiger partial charge < -0.3 is 14.5 Å². The van der Waals surface area contributed by atoms with Gasteiger partial charge in [0.2, 0.25) is 0 Å². The Labute approximate surface area is 117 Å². The SMILES string of the molecule is CC(C(C#N)COCC(C#N)C(C)N(C)C)N(C)C. The van der Waals surface area contributed by atoms with Gasteiger partial charge in [-0.25, -0.2) is 0 Å². The number of nitriles is 2. The molecule has 0 saturated carbocycles. The highest BCUT2D eigenvalue weighted by atomic mass is 16.5. The summed E-state index contributed by atoms with van der Waals surface area (Å²) in [6, 6.07) is 4.81. The van der Waals surface area contributed by atoms with Crippen LogP contribution in [0.15, 0.2) is 0 Å². The summed E-state index contributed by atoms with van der Waals surface area (Å²) in [5.74, 6) is -0.354. The summed E-state index contributed by atoms with van der Waals surface area (Å²) in [6.07, 6.45) is 0. The average molecular weight is 266 g/mol. The maximum absolute atomic E-state index is 9.14. The van der Waals surface area contributed by atoms with Crippen LogP contribution in [0.1, 0.15) is 13.8 Å². The smallest absolute Gasteiger partial charge is 0.0849 e. The van der Waals surface area contributed by atoms with Gasteiger partial charge in [-0.15, -0.1) is 0 Å². The standard InChI is InChI=1S/C14H26N4O/c1-11(17(3)4)13(7-15)9-19-10-14(8-16)12(2)18(5)6/h11-14H,9-10H2,1-6H3. The average Bonchev–Trinajstić information content (AvgIpc) is 2.37. The third-order valence-corrected chi connectivity index (χ3v) is 3.72. The number of hydrogen-bond donors (Lipinski definition) is 0. The van der Waals surface area contributed by atoms with Gasteiger partial charge in [0.05, 0.1) is 37.2 Å². The van der Waals surface area contributed by atoms with E-state index in [9.17, 15) is 0 Å². The Balaban J connectivity index is 4.27. The highest BCUT2D eigenvalue weighted by molar-refractivity contribution is 4.92. The quantitative estimate of drug-likeness (QED) is 0.660. The van der Waals surface area contributed by atoms with E-state index in [0.29, 0.717) is 13.2 Å². The van der Waals surface area contributed by atoms with Crippen molar-refractivity contribution < 1.29 is 4.74 Å². The van der Waals surface area contributed by atoms with Gasteiger partial charge in [0.15, 0.2) is 0 Å². The van der Waals surface area contributed by atoms with Crippen LogP contribution in [0.25, 0.3) is 0 Å². The largest absolute Gasteiger partial charge is 0.379 e. The molecule has 0 N–H and O–H groups in total. The number of ether oxygens (including phenoxy) is 1. The van der Waals surface area contributed by atoms with Gasteiger partial charge in [0.25, 0.3) is 0 Å². The molecule has 0 aliphatic rings. The van der Waals surface area contributed by atoms with Crippen molar-refractivity contribution in [3.8, 4) is 12.1 Å². The Morgan fingerprint density at radius 2 is 1.16 bits per heavy atom. The van der Waals surface area contributed by atoms with Crippen LogP contribution >= 0.6 is 0 Å². The Morgan fingerprint density at radius 1 is 0.842 bits per heavy atom. The molecule has 0 amide bonds. The van der Waals surface area contributed by atoms with Crippen molar-refractivity contribution in [3.05, 3.63) is 0 Å². The second kappa shape index (κ2) is 8.87. The summed E-state index contributed by atoms with van der Waals surface area (Å²) in [5.41, 5.74) is 0. The maximum atomic E-state index is 9.14. The molecule has 108 valence electrons. The van der Waals surface area contributed by atoms with Crippen LogP contribution in [0, 0.1) is 34.5 Å². The summed E-state index contributed by atoms with van der Waals surface area (Å²) >= 11 is 0. The van der Waals surface area contributed by atoms with Gasteiger partial charge in [0.1, 0.15) is 0 Å². The second-order valence-electron chi connectivity index (χ2n) is 5.42. The van der Waals surface area contributed by atoms with Crippen molar-refractivity contribution in [2.75, 3.05) is 41.4 Å². The molecule has 4 unspecified atom stereocenters. The van der Waals surface area contributed by atoms with Crippen LogP contribution in [0.5, 0.6) is 0 Å². The summed E-state index contributed by atoms with van der Waals surface area (Å²) in [5, 5.41) is 18.3. The van der Waals surface area contributed by atoms with Crippen molar-refractivity contribution >= 4 is 0 Å². The van der Waals surface area contributed by atoms with Crippen LogP contribution in [-0.2, 0) is 4.74 Å². The molecule has 0 aliphatic carbocycles. The first-order chi connectivity index (χ1) is 8.84. The number of nitrogens with zero attached hydrogens (tertiary/aromatic N) is 4. The lowest BCUT2D eigenvalue weighted by Crippen LogP contribution is -2.37. The Kier molecular flexibility index (Phi) is 8.34. The van der Waals surface area contributed by atoms with E-state index < -0.39 is 0 Å². The lowest BCUT2D eigenvalue weighted by molar-refractivity contribution is 0.0581. The fraction of sp³-hybridized carbons (Fsp3) is 0.857. The molecular formula is C14H26N4O. The molecule has 0 saturated heterocycles.